The Hall–Kier alpha value is -1.40. The number of fused-ring (bicyclic) bond motifs is 2. The Kier molecular flexibility index (Phi) is 3.41. The molecule has 3 rings (SSSR count). The second-order valence-electron chi connectivity index (χ2n) is 5.26. The zero-order chi connectivity index (χ0) is 13.3. The van der Waals surface area contributed by atoms with Gasteiger partial charge in [0, 0.05) is 6.54 Å². The van der Waals surface area contributed by atoms with Crippen LogP contribution in [0.25, 0.3) is 0 Å². The number of hydrogen-bond acceptors (Lipinski definition) is 5. The summed E-state index contributed by atoms with van der Waals surface area (Å²) in [6.45, 7) is 5.68. The molecule has 3 aliphatic rings. The van der Waals surface area contributed by atoms with E-state index in [9.17, 15) is 9.59 Å². The van der Waals surface area contributed by atoms with Gasteiger partial charge in [-0.2, -0.15) is 0 Å². The normalized spacial score (nSPS) is 26.6. The first-order valence-corrected chi connectivity index (χ1v) is 5.89. The van der Waals surface area contributed by atoms with Gasteiger partial charge in [-0.1, -0.05) is 0 Å². The molecule has 0 N–H and O–H groups in total. The van der Waals surface area contributed by atoms with Crippen molar-refractivity contribution in [2.75, 3.05) is 6.54 Å². The predicted molar refractivity (Wildman–Crippen MR) is 61.1 cm³/mol. The van der Waals surface area contributed by atoms with Gasteiger partial charge in [-0.15, -0.1) is 0 Å². The number of rotatable bonds is 3. The van der Waals surface area contributed by atoms with Crippen molar-refractivity contribution in [1.82, 2.24) is 4.90 Å². The van der Waals surface area contributed by atoms with Gasteiger partial charge in [-0.05, 0) is 32.9 Å². The van der Waals surface area contributed by atoms with Crippen molar-refractivity contribution in [2.24, 2.45) is 0 Å². The lowest BCUT2D eigenvalue weighted by molar-refractivity contribution is -0.375. The predicted octanol–water partition coefficient (Wildman–Crippen LogP) is 0.773. The molecule has 6 nitrogen and oxygen atoms in total. The zero-order valence-electron chi connectivity index (χ0n) is 10.7. The number of esters is 1. The smallest absolute Gasteiger partial charge is 0.308 e. The fraction of sp³-hybridized carbons (Fsp3) is 0.667. The quantitative estimate of drug-likeness (QED) is 0.423. The van der Waals surface area contributed by atoms with Crippen LogP contribution >= 0.6 is 0 Å². The lowest BCUT2D eigenvalue weighted by Gasteiger charge is -2.38. The SMILES string of the molecule is CC(C)(C)OC(=O)CCN1C(=O)C2C=CC1OO2. The molecular formula is C12H17NO5. The summed E-state index contributed by atoms with van der Waals surface area (Å²) in [5.74, 6) is -0.515. The van der Waals surface area contributed by atoms with E-state index in [-0.39, 0.29) is 24.8 Å². The molecule has 0 spiro atoms. The van der Waals surface area contributed by atoms with Crippen molar-refractivity contribution in [3.63, 3.8) is 0 Å². The summed E-state index contributed by atoms with van der Waals surface area (Å²) in [4.78, 5) is 34.6. The second-order valence-corrected chi connectivity index (χ2v) is 5.26. The number of nitrogens with zero attached hydrogens (tertiary/aromatic N) is 1. The van der Waals surface area contributed by atoms with Gasteiger partial charge in [0.2, 0.25) is 0 Å². The van der Waals surface area contributed by atoms with Crippen molar-refractivity contribution in [1.29, 1.82) is 0 Å². The molecular weight excluding hydrogens is 238 g/mol. The van der Waals surface area contributed by atoms with Gasteiger partial charge in [0.1, 0.15) is 5.60 Å². The lowest BCUT2D eigenvalue weighted by Crippen LogP contribution is -2.55. The molecule has 0 aliphatic carbocycles. The van der Waals surface area contributed by atoms with Gasteiger partial charge in [0.25, 0.3) is 5.91 Å². The topological polar surface area (TPSA) is 65.1 Å². The summed E-state index contributed by atoms with van der Waals surface area (Å²) in [5.41, 5.74) is -0.512. The fourth-order valence-electron chi connectivity index (χ4n) is 1.79. The molecule has 0 aromatic rings. The maximum Gasteiger partial charge on any atom is 0.308 e. The molecule has 2 atom stereocenters. The van der Waals surface area contributed by atoms with Crippen LogP contribution in [0.3, 0.4) is 0 Å². The minimum Gasteiger partial charge on any atom is -0.460 e. The Morgan fingerprint density at radius 1 is 1.39 bits per heavy atom. The Balaban J connectivity index is 1.86. The summed E-state index contributed by atoms with van der Waals surface area (Å²) < 4.78 is 5.18. The van der Waals surface area contributed by atoms with E-state index in [0.29, 0.717) is 0 Å². The minimum absolute atomic E-state index is 0.142. The van der Waals surface area contributed by atoms with Crippen LogP contribution in [0.2, 0.25) is 0 Å². The van der Waals surface area contributed by atoms with Crippen molar-refractivity contribution in [3.05, 3.63) is 12.2 Å². The van der Waals surface area contributed by atoms with Crippen LogP contribution in [-0.4, -0.2) is 41.3 Å². The Bertz CT molecular complexity index is 384. The molecule has 0 aromatic heterocycles. The van der Waals surface area contributed by atoms with Crippen LogP contribution in [0.1, 0.15) is 27.2 Å². The highest BCUT2D eigenvalue weighted by atomic mass is 17.2. The highest BCUT2D eigenvalue weighted by molar-refractivity contribution is 5.85. The summed E-state index contributed by atoms with van der Waals surface area (Å²) in [6.07, 6.45) is 2.31. The molecule has 2 bridgehead atoms. The van der Waals surface area contributed by atoms with Gasteiger partial charge in [0.15, 0.2) is 12.3 Å². The third-order valence-electron chi connectivity index (χ3n) is 2.52. The summed E-state index contributed by atoms with van der Waals surface area (Å²) in [6, 6.07) is 0. The highest BCUT2D eigenvalue weighted by Gasteiger charge is 2.39. The van der Waals surface area contributed by atoms with E-state index in [1.165, 1.54) is 4.90 Å². The van der Waals surface area contributed by atoms with Gasteiger partial charge < -0.3 is 9.64 Å². The van der Waals surface area contributed by atoms with Crippen molar-refractivity contribution in [3.8, 4) is 0 Å². The number of carbonyl (C=O) groups excluding carboxylic acids is 2. The minimum atomic E-state index is -0.686. The van der Waals surface area contributed by atoms with Gasteiger partial charge in [-0.3, -0.25) is 9.59 Å². The van der Waals surface area contributed by atoms with Crippen LogP contribution in [0.15, 0.2) is 12.2 Å². The molecule has 1 saturated heterocycles. The average Bonchev–Trinajstić information content (AvgIpc) is 2.27. The molecule has 0 radical (unpaired) electrons. The Morgan fingerprint density at radius 2 is 2.11 bits per heavy atom. The molecule has 2 unspecified atom stereocenters. The average molecular weight is 255 g/mol. The third kappa shape index (κ3) is 2.88. The Labute approximate surface area is 105 Å². The largest absolute Gasteiger partial charge is 0.460 e. The molecule has 6 heteroatoms. The monoisotopic (exact) mass is 255 g/mol. The summed E-state index contributed by atoms with van der Waals surface area (Å²) >= 11 is 0. The molecule has 0 saturated carbocycles. The Morgan fingerprint density at radius 3 is 2.61 bits per heavy atom. The number of carbonyl (C=O) groups is 2. The van der Waals surface area contributed by atoms with Crippen LogP contribution in [0.5, 0.6) is 0 Å². The number of amides is 1. The van der Waals surface area contributed by atoms with Gasteiger partial charge >= 0.3 is 5.97 Å². The van der Waals surface area contributed by atoms with E-state index in [1.807, 2.05) is 0 Å². The molecule has 3 aliphatic heterocycles. The summed E-state index contributed by atoms with van der Waals surface area (Å²) in [5, 5.41) is 0. The first kappa shape index (κ1) is 13.0. The number of ether oxygens (including phenoxy) is 1. The van der Waals surface area contributed by atoms with E-state index in [0.717, 1.165) is 0 Å². The van der Waals surface area contributed by atoms with E-state index in [1.54, 1.807) is 32.9 Å². The standard InChI is InChI=1S/C12H17NO5/c1-12(2,3)16-10(14)6-7-13-9-5-4-8(11(13)15)17-18-9/h4-5,8-9H,6-7H2,1-3H3. The maximum absolute atomic E-state index is 11.8. The van der Waals surface area contributed by atoms with Crippen LogP contribution in [-0.2, 0) is 24.1 Å². The molecule has 3 heterocycles. The summed E-state index contributed by atoms with van der Waals surface area (Å²) in [7, 11) is 0. The van der Waals surface area contributed by atoms with Crippen molar-refractivity contribution in [2.45, 2.75) is 45.1 Å². The van der Waals surface area contributed by atoms with Crippen molar-refractivity contribution >= 4 is 11.9 Å². The molecule has 0 aromatic carbocycles. The van der Waals surface area contributed by atoms with E-state index >= 15 is 0 Å². The van der Waals surface area contributed by atoms with E-state index in [2.05, 4.69) is 0 Å². The maximum atomic E-state index is 11.8. The zero-order valence-corrected chi connectivity index (χ0v) is 10.7. The lowest BCUT2D eigenvalue weighted by atomic mass is 10.1. The second kappa shape index (κ2) is 4.70. The van der Waals surface area contributed by atoms with Crippen LogP contribution < -0.4 is 0 Å². The molecule has 100 valence electrons. The third-order valence-corrected chi connectivity index (χ3v) is 2.52. The molecule has 1 amide bonds. The fourth-order valence-corrected chi connectivity index (χ4v) is 1.79. The van der Waals surface area contributed by atoms with E-state index in [4.69, 9.17) is 14.5 Å². The first-order valence-electron chi connectivity index (χ1n) is 5.89. The highest BCUT2D eigenvalue weighted by Crippen LogP contribution is 2.23. The van der Waals surface area contributed by atoms with E-state index < -0.39 is 17.9 Å². The number of hydrogen-bond donors (Lipinski definition) is 0. The molecule has 18 heavy (non-hydrogen) atoms. The van der Waals surface area contributed by atoms with Crippen LogP contribution in [0, 0.1) is 0 Å². The van der Waals surface area contributed by atoms with Crippen molar-refractivity contribution < 1.29 is 24.1 Å². The first-order chi connectivity index (χ1) is 8.37. The van der Waals surface area contributed by atoms with Gasteiger partial charge in [0.05, 0.1) is 6.42 Å². The van der Waals surface area contributed by atoms with Gasteiger partial charge in [-0.25, -0.2) is 9.78 Å². The van der Waals surface area contributed by atoms with Crippen LogP contribution in [0.4, 0.5) is 0 Å². The molecule has 1 fully saturated rings.